The summed E-state index contributed by atoms with van der Waals surface area (Å²) in [5.41, 5.74) is 10.5. The van der Waals surface area contributed by atoms with Crippen molar-refractivity contribution in [2.45, 2.75) is 94.9 Å². The molecular weight excluding hydrogens is 480 g/mol. The Morgan fingerprint density at radius 3 is 0.925 bits per heavy atom. The van der Waals surface area contributed by atoms with Crippen LogP contribution in [0.2, 0.25) is 0 Å². The molecule has 0 amide bonds. The smallest absolute Gasteiger partial charge is 0.0285 e. The van der Waals surface area contributed by atoms with Gasteiger partial charge >= 0.3 is 0 Å². The Hall–Kier alpha value is -3.38. The van der Waals surface area contributed by atoms with E-state index in [2.05, 4.69) is 179 Å². The summed E-state index contributed by atoms with van der Waals surface area (Å²) < 4.78 is 0. The highest BCUT2D eigenvalue weighted by atomic mass is 13.9. The predicted molar refractivity (Wildman–Crippen MR) is 186 cm³/mol. The Kier molecular flexibility index (Phi) is 21.5. The SMILES string of the molecule is CC(C)=CCC/C(C)=C/C=C/C(C)=C\C=C\C(C)=C\C=C\C=C(C)/C=C/C=C(C)/C=C/C=C(\C)CCC=C(C)C. The van der Waals surface area contributed by atoms with Gasteiger partial charge in [0.15, 0.2) is 0 Å². The molecule has 0 atom stereocenters. The molecule has 0 aromatic carbocycles. The average Bonchev–Trinajstić information content (AvgIpc) is 2.86. The van der Waals surface area contributed by atoms with E-state index in [0.29, 0.717) is 0 Å². The van der Waals surface area contributed by atoms with E-state index in [4.69, 9.17) is 0 Å². The Morgan fingerprint density at radius 2 is 0.625 bits per heavy atom. The zero-order chi connectivity index (χ0) is 30.2. The van der Waals surface area contributed by atoms with Crippen LogP contribution in [0.1, 0.15) is 94.9 Å². The fourth-order valence-corrected chi connectivity index (χ4v) is 3.41. The molecule has 0 radical (unpaired) electrons. The second-order valence-corrected chi connectivity index (χ2v) is 11.1. The van der Waals surface area contributed by atoms with Crippen LogP contribution in [0, 0.1) is 0 Å². The molecule has 216 valence electrons. The van der Waals surface area contributed by atoms with Gasteiger partial charge in [-0.15, -0.1) is 0 Å². The minimum atomic E-state index is 1.12. The first-order valence-corrected chi connectivity index (χ1v) is 14.7. The van der Waals surface area contributed by atoms with Crippen molar-refractivity contribution in [1.82, 2.24) is 0 Å². The molecule has 0 N–H and O–H groups in total. The Labute approximate surface area is 248 Å². The minimum Gasteiger partial charge on any atom is -0.0856 e. The van der Waals surface area contributed by atoms with Gasteiger partial charge in [-0.25, -0.2) is 0 Å². The molecule has 0 aromatic heterocycles. The third-order valence-electron chi connectivity index (χ3n) is 5.93. The van der Waals surface area contributed by atoms with E-state index in [1.807, 2.05) is 0 Å². The average molecular weight is 537 g/mol. The minimum absolute atomic E-state index is 1.12. The van der Waals surface area contributed by atoms with Crippen LogP contribution in [-0.2, 0) is 0 Å². The summed E-state index contributed by atoms with van der Waals surface area (Å²) in [6, 6.07) is 0. The van der Waals surface area contributed by atoms with Crippen LogP contribution in [0.5, 0.6) is 0 Å². The van der Waals surface area contributed by atoms with Gasteiger partial charge in [0.05, 0.1) is 0 Å². The van der Waals surface area contributed by atoms with Crippen molar-refractivity contribution in [2.75, 3.05) is 0 Å². The van der Waals surface area contributed by atoms with E-state index in [1.165, 1.54) is 44.6 Å². The molecule has 0 heterocycles. The van der Waals surface area contributed by atoms with E-state index in [9.17, 15) is 0 Å². The van der Waals surface area contributed by atoms with Crippen molar-refractivity contribution in [1.29, 1.82) is 0 Å². The van der Waals surface area contributed by atoms with Gasteiger partial charge in [-0.2, -0.15) is 0 Å². The third kappa shape index (κ3) is 24.9. The van der Waals surface area contributed by atoms with Crippen molar-refractivity contribution in [2.24, 2.45) is 0 Å². The molecule has 0 heteroatoms. The van der Waals surface area contributed by atoms with Crippen LogP contribution < -0.4 is 0 Å². The van der Waals surface area contributed by atoms with Crippen LogP contribution in [0.3, 0.4) is 0 Å². The molecule has 0 spiro atoms. The van der Waals surface area contributed by atoms with Gasteiger partial charge in [0.1, 0.15) is 0 Å². The van der Waals surface area contributed by atoms with E-state index >= 15 is 0 Å². The molecule has 0 aliphatic rings. The third-order valence-corrected chi connectivity index (χ3v) is 5.93. The zero-order valence-corrected chi connectivity index (χ0v) is 27.2. The predicted octanol–water partition coefficient (Wildman–Crippen LogP) is 12.9. The molecule has 0 aromatic rings. The standard InChI is InChI=1S/C40H56/c1-33(2)19-13-23-37(7)27-17-31-39(9)29-15-25-35(5)21-11-12-22-36(6)26-16-30-40(10)32-18-28-38(8)24-14-20-34(3)4/h11-12,15-22,25-32H,13-14,23-24H2,1-10H3/b12-11+,25-15+,26-16+,31-17+,32-18+,35-21-,36-22+,37-27+,38-28+,39-29+,40-30-. The molecule has 0 saturated heterocycles. The highest BCUT2D eigenvalue weighted by Gasteiger charge is 1.88. The first kappa shape index (κ1) is 36.6. The summed E-state index contributed by atoms with van der Waals surface area (Å²) in [4.78, 5) is 0. The van der Waals surface area contributed by atoms with Gasteiger partial charge in [-0.1, -0.05) is 154 Å². The monoisotopic (exact) mass is 536 g/mol. The Bertz CT molecular complexity index is 1050. The topological polar surface area (TPSA) is 0 Å². The summed E-state index contributed by atoms with van der Waals surface area (Å²) in [6.07, 6.45) is 43.3. The maximum atomic E-state index is 2.30. The second-order valence-electron chi connectivity index (χ2n) is 11.1. The largest absolute Gasteiger partial charge is 0.0856 e. The Balaban J connectivity index is 4.70. The van der Waals surface area contributed by atoms with E-state index < -0.39 is 0 Å². The van der Waals surface area contributed by atoms with Gasteiger partial charge in [-0.3, -0.25) is 0 Å². The van der Waals surface area contributed by atoms with Crippen LogP contribution >= 0.6 is 0 Å². The lowest BCUT2D eigenvalue weighted by Gasteiger charge is -1.96. The highest BCUT2D eigenvalue weighted by molar-refractivity contribution is 5.32. The van der Waals surface area contributed by atoms with E-state index in [0.717, 1.165) is 25.7 Å². The molecular formula is C40H56. The number of hydrogen-bond donors (Lipinski definition) is 0. The summed E-state index contributed by atoms with van der Waals surface area (Å²) in [5, 5.41) is 0. The summed E-state index contributed by atoms with van der Waals surface area (Å²) in [6.45, 7) is 21.5. The van der Waals surface area contributed by atoms with Crippen LogP contribution in [0.4, 0.5) is 0 Å². The van der Waals surface area contributed by atoms with Crippen LogP contribution in [0.25, 0.3) is 0 Å². The van der Waals surface area contributed by atoms with Crippen molar-refractivity contribution < 1.29 is 0 Å². The zero-order valence-electron chi connectivity index (χ0n) is 27.2. The first-order chi connectivity index (χ1) is 19.0. The fraction of sp³-hybridized carbons (Fsp3) is 0.350. The lowest BCUT2D eigenvalue weighted by Crippen LogP contribution is -1.76. The van der Waals surface area contributed by atoms with Crippen molar-refractivity contribution in [3.63, 3.8) is 0 Å². The molecule has 0 rings (SSSR count). The molecule has 0 fully saturated rings. The molecule has 0 nitrogen and oxygen atoms in total. The molecule has 0 unspecified atom stereocenters. The van der Waals surface area contributed by atoms with Gasteiger partial charge in [0.2, 0.25) is 0 Å². The molecule has 0 bridgehead atoms. The Morgan fingerprint density at radius 1 is 0.350 bits per heavy atom. The normalized spacial score (nSPS) is 15.1. The lowest BCUT2D eigenvalue weighted by molar-refractivity contribution is 0.967. The number of allylic oxidation sites excluding steroid dienone is 26. The quantitative estimate of drug-likeness (QED) is 0.136. The summed E-state index contributed by atoms with van der Waals surface area (Å²) in [5.74, 6) is 0. The van der Waals surface area contributed by atoms with Crippen molar-refractivity contribution in [3.05, 3.63) is 154 Å². The maximum absolute atomic E-state index is 2.30. The van der Waals surface area contributed by atoms with Crippen molar-refractivity contribution >= 4 is 0 Å². The number of rotatable bonds is 16. The first-order valence-electron chi connectivity index (χ1n) is 14.7. The van der Waals surface area contributed by atoms with Gasteiger partial charge in [0.25, 0.3) is 0 Å². The number of hydrogen-bond acceptors (Lipinski definition) is 0. The highest BCUT2D eigenvalue weighted by Crippen LogP contribution is 2.09. The fourth-order valence-electron chi connectivity index (χ4n) is 3.41. The molecule has 0 aliphatic heterocycles. The second kappa shape index (κ2) is 23.5. The van der Waals surface area contributed by atoms with Crippen LogP contribution in [-0.4, -0.2) is 0 Å². The van der Waals surface area contributed by atoms with Gasteiger partial charge in [0, 0.05) is 0 Å². The molecule has 40 heavy (non-hydrogen) atoms. The van der Waals surface area contributed by atoms with Crippen molar-refractivity contribution in [3.8, 4) is 0 Å². The summed E-state index contributed by atoms with van der Waals surface area (Å²) >= 11 is 0. The van der Waals surface area contributed by atoms with Gasteiger partial charge < -0.3 is 0 Å². The van der Waals surface area contributed by atoms with Crippen LogP contribution in [0.15, 0.2) is 154 Å². The lowest BCUT2D eigenvalue weighted by atomic mass is 10.1. The summed E-state index contributed by atoms with van der Waals surface area (Å²) in [7, 11) is 0. The van der Waals surface area contributed by atoms with E-state index in [1.54, 1.807) is 0 Å². The maximum Gasteiger partial charge on any atom is -0.0285 e. The molecule has 0 aliphatic carbocycles. The molecule has 0 saturated carbocycles. The van der Waals surface area contributed by atoms with Gasteiger partial charge in [-0.05, 0) is 94.9 Å². The van der Waals surface area contributed by atoms with E-state index in [-0.39, 0.29) is 0 Å².